The van der Waals surface area contributed by atoms with Crippen molar-refractivity contribution in [1.82, 2.24) is 4.98 Å². The fraction of sp³-hybridized carbons (Fsp3) is 0. The molecule has 2 aromatic rings. The van der Waals surface area contributed by atoms with E-state index in [0.29, 0.717) is 0 Å². The molecule has 0 fully saturated rings. The van der Waals surface area contributed by atoms with Crippen LogP contribution >= 0.6 is 11.3 Å². The second-order valence-electron chi connectivity index (χ2n) is 2.86. The minimum atomic E-state index is 0.758. The van der Waals surface area contributed by atoms with E-state index in [-0.39, 0.29) is 0 Å². The molecule has 1 aromatic carbocycles. The van der Waals surface area contributed by atoms with Gasteiger partial charge >= 0.3 is 0 Å². The first-order chi connectivity index (χ1) is 6.81. The normalized spacial score (nSPS) is 10.0. The zero-order valence-electron chi connectivity index (χ0n) is 7.60. The average Bonchev–Trinajstić information content (AvgIpc) is 2.67. The molecule has 1 heterocycles. The summed E-state index contributed by atoms with van der Waals surface area (Å²) in [7, 11) is 0. The molecule has 0 amide bonds. The lowest BCUT2D eigenvalue weighted by Crippen LogP contribution is -1.88. The van der Waals surface area contributed by atoms with E-state index in [0.717, 1.165) is 22.0 Å². The van der Waals surface area contributed by atoms with Crippen LogP contribution in [0.2, 0.25) is 0 Å². The third-order valence-corrected chi connectivity index (χ3v) is 2.77. The van der Waals surface area contributed by atoms with Gasteiger partial charge in [0, 0.05) is 16.6 Å². The maximum atomic E-state index is 5.84. The number of para-hydroxylation sites is 1. The quantitative estimate of drug-likeness (QED) is 0.760. The van der Waals surface area contributed by atoms with Crippen molar-refractivity contribution < 1.29 is 0 Å². The summed E-state index contributed by atoms with van der Waals surface area (Å²) < 4.78 is 0. The van der Waals surface area contributed by atoms with Crippen LogP contribution in [0.5, 0.6) is 0 Å². The smallest absolute Gasteiger partial charge is 0.116 e. The number of nitrogens with two attached hydrogens (primary N) is 1. The monoisotopic (exact) mass is 202 g/mol. The molecule has 0 atom stereocenters. The molecule has 0 spiro atoms. The van der Waals surface area contributed by atoms with Gasteiger partial charge < -0.3 is 5.73 Å². The van der Waals surface area contributed by atoms with Gasteiger partial charge in [-0.25, -0.2) is 4.98 Å². The highest BCUT2D eigenvalue weighted by molar-refractivity contribution is 7.10. The van der Waals surface area contributed by atoms with Crippen LogP contribution in [0.15, 0.2) is 36.2 Å². The van der Waals surface area contributed by atoms with Crippen LogP contribution < -0.4 is 5.73 Å². The second kappa shape index (κ2) is 3.64. The van der Waals surface area contributed by atoms with Crippen LogP contribution in [-0.4, -0.2) is 4.98 Å². The Morgan fingerprint density at radius 1 is 1.36 bits per heavy atom. The Bertz CT molecular complexity index is 460. The molecule has 1 aromatic heterocycles. The fourth-order valence-electron chi connectivity index (χ4n) is 1.24. The van der Waals surface area contributed by atoms with Gasteiger partial charge in [-0.2, -0.15) is 0 Å². The van der Waals surface area contributed by atoms with E-state index in [1.807, 2.05) is 29.6 Å². The molecule has 2 rings (SSSR count). The van der Waals surface area contributed by atoms with Crippen LogP contribution in [-0.2, 0) is 0 Å². The Balaban J connectivity index is 2.49. The third kappa shape index (κ3) is 1.54. The topological polar surface area (TPSA) is 38.9 Å². The Morgan fingerprint density at radius 2 is 2.14 bits per heavy atom. The largest absolute Gasteiger partial charge is 0.398 e. The van der Waals surface area contributed by atoms with Gasteiger partial charge in [-0.15, -0.1) is 11.3 Å². The molecular formula is C11H10N2S. The predicted molar refractivity (Wildman–Crippen MR) is 62.1 cm³/mol. The SMILES string of the molecule is C=Cc1nc(-c2ccccc2N)cs1. The highest BCUT2D eigenvalue weighted by Crippen LogP contribution is 2.26. The van der Waals surface area contributed by atoms with Crippen LogP contribution in [0.25, 0.3) is 17.3 Å². The summed E-state index contributed by atoms with van der Waals surface area (Å²) >= 11 is 1.57. The van der Waals surface area contributed by atoms with Crippen LogP contribution in [0.3, 0.4) is 0 Å². The highest BCUT2D eigenvalue weighted by atomic mass is 32.1. The summed E-state index contributed by atoms with van der Waals surface area (Å²) in [5.41, 5.74) is 8.50. The summed E-state index contributed by atoms with van der Waals surface area (Å²) in [5.74, 6) is 0. The van der Waals surface area contributed by atoms with Crippen molar-refractivity contribution in [3.05, 3.63) is 41.2 Å². The fourth-order valence-corrected chi connectivity index (χ4v) is 1.89. The van der Waals surface area contributed by atoms with Crippen molar-refractivity contribution in [2.45, 2.75) is 0 Å². The highest BCUT2D eigenvalue weighted by Gasteiger charge is 2.04. The lowest BCUT2D eigenvalue weighted by molar-refractivity contribution is 1.39. The van der Waals surface area contributed by atoms with Crippen molar-refractivity contribution in [3.63, 3.8) is 0 Å². The van der Waals surface area contributed by atoms with E-state index in [1.165, 1.54) is 0 Å². The van der Waals surface area contributed by atoms with E-state index in [9.17, 15) is 0 Å². The molecule has 0 aliphatic rings. The summed E-state index contributed by atoms with van der Waals surface area (Å²) in [4.78, 5) is 4.38. The standard InChI is InChI=1S/C11H10N2S/c1-2-11-13-10(7-14-11)8-5-3-4-6-9(8)12/h2-7H,1,12H2. The molecule has 0 aliphatic heterocycles. The first-order valence-corrected chi connectivity index (χ1v) is 5.12. The Labute approximate surface area is 86.7 Å². The zero-order valence-corrected chi connectivity index (χ0v) is 8.42. The van der Waals surface area contributed by atoms with E-state index >= 15 is 0 Å². The van der Waals surface area contributed by atoms with E-state index in [4.69, 9.17) is 5.73 Å². The first-order valence-electron chi connectivity index (χ1n) is 4.24. The van der Waals surface area contributed by atoms with Crippen molar-refractivity contribution >= 4 is 23.1 Å². The molecule has 0 unspecified atom stereocenters. The van der Waals surface area contributed by atoms with E-state index in [2.05, 4.69) is 11.6 Å². The number of hydrogen-bond acceptors (Lipinski definition) is 3. The molecule has 2 nitrogen and oxygen atoms in total. The molecule has 0 aliphatic carbocycles. The van der Waals surface area contributed by atoms with Gasteiger partial charge in [0.2, 0.25) is 0 Å². The van der Waals surface area contributed by atoms with Crippen LogP contribution in [0.4, 0.5) is 5.69 Å². The molecule has 0 saturated heterocycles. The molecule has 0 radical (unpaired) electrons. The molecular weight excluding hydrogens is 192 g/mol. The van der Waals surface area contributed by atoms with Crippen molar-refractivity contribution in [1.29, 1.82) is 0 Å². The summed E-state index contributed by atoms with van der Waals surface area (Å²) in [6, 6.07) is 7.72. The average molecular weight is 202 g/mol. The molecule has 3 heteroatoms. The van der Waals surface area contributed by atoms with Gasteiger partial charge in [0.25, 0.3) is 0 Å². The number of hydrogen-bond donors (Lipinski definition) is 1. The molecule has 70 valence electrons. The zero-order chi connectivity index (χ0) is 9.97. The second-order valence-corrected chi connectivity index (χ2v) is 3.75. The maximum absolute atomic E-state index is 5.84. The minimum Gasteiger partial charge on any atom is -0.398 e. The Hall–Kier alpha value is -1.61. The number of nitrogen functional groups attached to an aromatic ring is 1. The number of thiazole rings is 1. The van der Waals surface area contributed by atoms with E-state index in [1.54, 1.807) is 17.4 Å². The molecule has 0 bridgehead atoms. The van der Waals surface area contributed by atoms with Crippen LogP contribution in [0.1, 0.15) is 5.01 Å². The number of anilines is 1. The van der Waals surface area contributed by atoms with Crippen molar-refractivity contribution in [2.75, 3.05) is 5.73 Å². The van der Waals surface area contributed by atoms with Gasteiger partial charge in [-0.05, 0) is 12.1 Å². The Morgan fingerprint density at radius 3 is 2.79 bits per heavy atom. The van der Waals surface area contributed by atoms with Crippen molar-refractivity contribution in [3.8, 4) is 11.3 Å². The lowest BCUT2D eigenvalue weighted by Gasteiger charge is -2.00. The summed E-state index contributed by atoms with van der Waals surface area (Å²) in [6.07, 6.45) is 1.74. The summed E-state index contributed by atoms with van der Waals surface area (Å²) in [6.45, 7) is 3.68. The Kier molecular flexibility index (Phi) is 2.33. The molecule has 0 saturated carbocycles. The number of nitrogens with zero attached hydrogens (tertiary/aromatic N) is 1. The van der Waals surface area contributed by atoms with Gasteiger partial charge in [0.1, 0.15) is 5.01 Å². The van der Waals surface area contributed by atoms with Gasteiger partial charge in [-0.1, -0.05) is 24.8 Å². The minimum absolute atomic E-state index is 0.758. The summed E-state index contributed by atoms with van der Waals surface area (Å²) in [5, 5.41) is 2.91. The lowest BCUT2D eigenvalue weighted by atomic mass is 10.1. The number of benzene rings is 1. The van der Waals surface area contributed by atoms with Crippen molar-refractivity contribution in [2.24, 2.45) is 0 Å². The maximum Gasteiger partial charge on any atom is 0.116 e. The van der Waals surface area contributed by atoms with Gasteiger partial charge in [0.15, 0.2) is 0 Å². The first kappa shape index (κ1) is 8.97. The van der Waals surface area contributed by atoms with Gasteiger partial charge in [0.05, 0.1) is 5.69 Å². The number of aromatic nitrogens is 1. The third-order valence-electron chi connectivity index (χ3n) is 1.93. The number of rotatable bonds is 2. The predicted octanol–water partition coefficient (Wildman–Crippen LogP) is 3.04. The van der Waals surface area contributed by atoms with Crippen LogP contribution in [0, 0.1) is 0 Å². The van der Waals surface area contributed by atoms with Gasteiger partial charge in [-0.3, -0.25) is 0 Å². The van der Waals surface area contributed by atoms with E-state index < -0.39 is 0 Å². The molecule has 2 N–H and O–H groups in total. The molecule has 14 heavy (non-hydrogen) atoms.